The third-order valence-corrected chi connectivity index (χ3v) is 4.32. The second-order valence-electron chi connectivity index (χ2n) is 6.00. The Balaban J connectivity index is 2.33. The third kappa shape index (κ3) is 6.32. The lowest BCUT2D eigenvalue weighted by Gasteiger charge is -2.30. The number of halogens is 3. The highest BCUT2D eigenvalue weighted by Crippen LogP contribution is 2.48. The Bertz CT molecular complexity index is 251. The second-order valence-corrected chi connectivity index (χ2v) is 7.16. The molecule has 0 aromatic rings. The summed E-state index contributed by atoms with van der Waals surface area (Å²) >= 11 is 0.118. The minimum Gasteiger partial charge on any atom is -0.316 e. The highest BCUT2D eigenvalue weighted by Gasteiger charge is 2.41. The number of nitrogens with one attached hydrogen (secondary N) is 1. The molecule has 0 aliphatic heterocycles. The van der Waals surface area contributed by atoms with Crippen molar-refractivity contribution >= 4 is 11.8 Å². The monoisotopic (exact) mass is 283 g/mol. The lowest BCUT2D eigenvalue weighted by molar-refractivity contribution is -0.0329. The highest BCUT2D eigenvalue weighted by molar-refractivity contribution is 8.00. The standard InChI is InChI=1S/C13H24F3NS/c1-10(2)8-17-9-12(3,11-4-5-11)6-7-18-13(14,15)16/h10-11,17H,4-9H2,1-3H3. The second kappa shape index (κ2) is 6.51. The van der Waals surface area contributed by atoms with Crippen LogP contribution in [0.4, 0.5) is 13.2 Å². The number of hydrogen-bond donors (Lipinski definition) is 1. The molecule has 0 amide bonds. The average Bonchev–Trinajstić information content (AvgIpc) is 2.97. The van der Waals surface area contributed by atoms with Gasteiger partial charge in [-0.2, -0.15) is 13.2 Å². The molecule has 18 heavy (non-hydrogen) atoms. The van der Waals surface area contributed by atoms with Crippen LogP contribution in [0.15, 0.2) is 0 Å². The summed E-state index contributed by atoms with van der Waals surface area (Å²) in [6.45, 7) is 8.19. The van der Waals surface area contributed by atoms with Gasteiger partial charge in [0, 0.05) is 12.3 Å². The van der Waals surface area contributed by atoms with Gasteiger partial charge in [0.15, 0.2) is 0 Å². The van der Waals surface area contributed by atoms with E-state index in [-0.39, 0.29) is 22.9 Å². The van der Waals surface area contributed by atoms with Gasteiger partial charge in [-0.1, -0.05) is 32.5 Å². The Morgan fingerprint density at radius 1 is 1.28 bits per heavy atom. The van der Waals surface area contributed by atoms with Crippen molar-refractivity contribution in [2.24, 2.45) is 17.3 Å². The van der Waals surface area contributed by atoms with Crippen molar-refractivity contribution < 1.29 is 13.2 Å². The molecule has 0 heterocycles. The lowest BCUT2D eigenvalue weighted by Crippen LogP contribution is -2.36. The van der Waals surface area contributed by atoms with Gasteiger partial charge in [0.1, 0.15) is 0 Å². The van der Waals surface area contributed by atoms with Gasteiger partial charge in [-0.15, -0.1) is 0 Å². The number of thioether (sulfide) groups is 1. The van der Waals surface area contributed by atoms with E-state index >= 15 is 0 Å². The van der Waals surface area contributed by atoms with Crippen molar-refractivity contribution in [2.45, 2.75) is 45.5 Å². The molecule has 0 aromatic carbocycles. The number of hydrogen-bond acceptors (Lipinski definition) is 2. The molecule has 1 aliphatic rings. The summed E-state index contributed by atoms with van der Waals surface area (Å²) in [4.78, 5) is 0. The summed E-state index contributed by atoms with van der Waals surface area (Å²) in [6.07, 6.45) is 3.00. The van der Waals surface area contributed by atoms with Crippen LogP contribution in [0, 0.1) is 17.3 Å². The van der Waals surface area contributed by atoms with Crippen LogP contribution < -0.4 is 5.32 Å². The molecule has 0 bridgehead atoms. The minimum atomic E-state index is -4.09. The molecule has 1 rings (SSSR count). The van der Waals surface area contributed by atoms with E-state index in [0.717, 1.165) is 13.1 Å². The van der Waals surface area contributed by atoms with Gasteiger partial charge in [0.05, 0.1) is 0 Å². The molecular formula is C13H24F3NS. The highest BCUT2D eigenvalue weighted by atomic mass is 32.2. The Morgan fingerprint density at radius 3 is 2.33 bits per heavy atom. The first-order valence-electron chi connectivity index (χ1n) is 6.64. The SMILES string of the molecule is CC(C)CNCC(C)(CCSC(F)(F)F)C1CC1. The zero-order chi connectivity index (χ0) is 13.8. The summed E-state index contributed by atoms with van der Waals surface area (Å²) in [7, 11) is 0. The molecule has 1 unspecified atom stereocenters. The minimum absolute atomic E-state index is 0.0349. The molecule has 0 saturated heterocycles. The van der Waals surface area contributed by atoms with Crippen LogP contribution >= 0.6 is 11.8 Å². The first-order valence-corrected chi connectivity index (χ1v) is 7.63. The van der Waals surface area contributed by atoms with E-state index in [1.807, 2.05) is 0 Å². The Hall–Kier alpha value is 0.100. The summed E-state index contributed by atoms with van der Waals surface area (Å²) in [5.41, 5.74) is -4.05. The quantitative estimate of drug-likeness (QED) is 0.713. The third-order valence-electron chi connectivity index (χ3n) is 3.58. The van der Waals surface area contributed by atoms with E-state index in [4.69, 9.17) is 0 Å². The number of rotatable bonds is 8. The Morgan fingerprint density at radius 2 is 1.89 bits per heavy atom. The van der Waals surface area contributed by atoms with E-state index in [1.165, 1.54) is 12.8 Å². The Labute approximate surface area is 112 Å². The molecule has 1 aliphatic carbocycles. The van der Waals surface area contributed by atoms with Crippen LogP contribution in [-0.2, 0) is 0 Å². The van der Waals surface area contributed by atoms with Crippen LogP contribution in [0.5, 0.6) is 0 Å². The molecule has 1 nitrogen and oxygen atoms in total. The fourth-order valence-electron chi connectivity index (χ4n) is 2.26. The summed E-state index contributed by atoms with van der Waals surface area (Å²) in [6, 6.07) is 0. The molecule has 1 fully saturated rings. The fourth-order valence-corrected chi connectivity index (χ4v) is 3.06. The number of alkyl halides is 3. The van der Waals surface area contributed by atoms with Gasteiger partial charge in [0.25, 0.3) is 0 Å². The zero-order valence-electron chi connectivity index (χ0n) is 11.4. The van der Waals surface area contributed by atoms with Crippen LogP contribution in [0.1, 0.15) is 40.0 Å². The van der Waals surface area contributed by atoms with Gasteiger partial charge in [-0.05, 0) is 43.1 Å². The lowest BCUT2D eigenvalue weighted by atomic mass is 9.82. The molecule has 0 spiro atoms. The van der Waals surface area contributed by atoms with Crippen molar-refractivity contribution in [3.63, 3.8) is 0 Å². The van der Waals surface area contributed by atoms with Crippen LogP contribution in [0.25, 0.3) is 0 Å². The average molecular weight is 283 g/mol. The molecule has 108 valence electrons. The molecule has 1 N–H and O–H groups in total. The molecule has 5 heteroatoms. The molecule has 1 atom stereocenters. The normalized spacial score (nSPS) is 20.2. The van der Waals surface area contributed by atoms with Crippen LogP contribution in [0.3, 0.4) is 0 Å². The largest absolute Gasteiger partial charge is 0.441 e. The van der Waals surface area contributed by atoms with Gasteiger partial charge in [-0.3, -0.25) is 0 Å². The van der Waals surface area contributed by atoms with Crippen molar-refractivity contribution in [3.8, 4) is 0 Å². The van der Waals surface area contributed by atoms with Gasteiger partial charge >= 0.3 is 5.51 Å². The topological polar surface area (TPSA) is 12.0 Å². The first-order chi connectivity index (χ1) is 8.23. The maximum Gasteiger partial charge on any atom is 0.441 e. The molecule has 0 aromatic heterocycles. The van der Waals surface area contributed by atoms with E-state index in [1.54, 1.807) is 0 Å². The molecular weight excluding hydrogens is 259 g/mol. The summed E-state index contributed by atoms with van der Waals surface area (Å²) in [5, 5.41) is 3.40. The smallest absolute Gasteiger partial charge is 0.316 e. The summed E-state index contributed by atoms with van der Waals surface area (Å²) < 4.78 is 36.5. The maximum atomic E-state index is 12.2. The van der Waals surface area contributed by atoms with Gasteiger partial charge in [-0.25, -0.2) is 0 Å². The Kier molecular flexibility index (Phi) is 5.84. The van der Waals surface area contributed by atoms with Crippen molar-refractivity contribution in [3.05, 3.63) is 0 Å². The van der Waals surface area contributed by atoms with E-state index in [0.29, 0.717) is 18.3 Å². The van der Waals surface area contributed by atoms with Crippen molar-refractivity contribution in [1.29, 1.82) is 0 Å². The van der Waals surface area contributed by atoms with Gasteiger partial charge in [0.2, 0.25) is 0 Å². The summed E-state index contributed by atoms with van der Waals surface area (Å²) in [5.74, 6) is 1.38. The first kappa shape index (κ1) is 16.2. The van der Waals surface area contributed by atoms with Crippen molar-refractivity contribution in [1.82, 2.24) is 5.32 Å². The van der Waals surface area contributed by atoms with E-state index in [2.05, 4.69) is 26.1 Å². The predicted molar refractivity (Wildman–Crippen MR) is 71.7 cm³/mol. The van der Waals surface area contributed by atoms with E-state index < -0.39 is 5.51 Å². The van der Waals surface area contributed by atoms with Crippen molar-refractivity contribution in [2.75, 3.05) is 18.8 Å². The maximum absolute atomic E-state index is 12.2. The van der Waals surface area contributed by atoms with Gasteiger partial charge < -0.3 is 5.32 Å². The van der Waals surface area contributed by atoms with Crippen LogP contribution in [0.2, 0.25) is 0 Å². The molecule has 1 saturated carbocycles. The zero-order valence-corrected chi connectivity index (χ0v) is 12.3. The van der Waals surface area contributed by atoms with E-state index in [9.17, 15) is 13.2 Å². The van der Waals surface area contributed by atoms with Crippen LogP contribution in [-0.4, -0.2) is 24.4 Å². The molecule has 0 radical (unpaired) electrons. The predicted octanol–water partition coefficient (Wildman–Crippen LogP) is 4.29. The fraction of sp³-hybridized carbons (Fsp3) is 1.00.